The predicted octanol–water partition coefficient (Wildman–Crippen LogP) is 3.56. The van der Waals surface area contributed by atoms with E-state index in [1.165, 1.54) is 17.0 Å². The van der Waals surface area contributed by atoms with Crippen molar-refractivity contribution >= 4 is 46.8 Å². The van der Waals surface area contributed by atoms with Crippen molar-refractivity contribution in [2.45, 2.75) is 6.92 Å². The molecular weight excluding hydrogens is 414 g/mol. The Morgan fingerprint density at radius 1 is 1.28 bits per heavy atom. The molecule has 1 heterocycles. The zero-order valence-corrected chi connectivity index (χ0v) is 16.7. The van der Waals surface area contributed by atoms with Crippen molar-refractivity contribution in [3.05, 3.63) is 70.4 Å². The van der Waals surface area contributed by atoms with Crippen LogP contribution in [-0.4, -0.2) is 37.3 Å². The summed E-state index contributed by atoms with van der Waals surface area (Å²) < 4.78 is 1.35. The first-order valence-electron chi connectivity index (χ1n) is 8.33. The molecule has 0 unspecified atom stereocenters. The number of rotatable bonds is 5. The van der Waals surface area contributed by atoms with Crippen LogP contribution in [0.3, 0.4) is 0 Å². The van der Waals surface area contributed by atoms with Crippen molar-refractivity contribution in [2.75, 3.05) is 5.32 Å². The molecule has 0 fully saturated rings. The molecule has 29 heavy (non-hydrogen) atoms. The molecule has 0 atom stereocenters. The molecule has 1 aromatic heterocycles. The number of aromatic hydroxyl groups is 1. The number of carboxylic acids is 1. The van der Waals surface area contributed by atoms with Gasteiger partial charge < -0.3 is 15.5 Å². The van der Waals surface area contributed by atoms with E-state index in [0.717, 1.165) is 0 Å². The Labute approximate surface area is 176 Å². The van der Waals surface area contributed by atoms with E-state index < -0.39 is 5.97 Å². The average molecular weight is 430 g/mol. The number of benzene rings is 2. The van der Waals surface area contributed by atoms with Gasteiger partial charge in [0.2, 0.25) is 5.88 Å². The van der Waals surface area contributed by atoms with Crippen LogP contribution in [0.1, 0.15) is 21.6 Å². The van der Waals surface area contributed by atoms with Crippen molar-refractivity contribution in [3.8, 4) is 11.6 Å². The highest BCUT2D eigenvalue weighted by Crippen LogP contribution is 2.24. The molecule has 4 N–H and O–H groups in total. The predicted molar refractivity (Wildman–Crippen MR) is 115 cm³/mol. The normalized spacial score (nSPS) is 10.8. The summed E-state index contributed by atoms with van der Waals surface area (Å²) in [5, 5.41) is 31.3. The number of hydrogen-bond acceptors (Lipinski definition) is 5. The zero-order chi connectivity index (χ0) is 21.0. The number of aromatic carboxylic acids is 1. The van der Waals surface area contributed by atoms with Crippen LogP contribution in [0.2, 0.25) is 5.02 Å². The van der Waals surface area contributed by atoms with Crippen LogP contribution in [-0.2, 0) is 0 Å². The molecule has 8 nitrogen and oxygen atoms in total. The third kappa shape index (κ3) is 4.71. The number of thiocarbonyl (C=S) groups is 1. The Hall–Kier alpha value is -3.43. The molecule has 3 aromatic rings. The maximum Gasteiger partial charge on any atom is 0.337 e. The standard InChI is InChI=1S/C19H16ClN5O3S/c1-11-15(17(26)25(24-11)13-6-4-5-12(20)9-13)10-21-23-19(29)22-16-8-3-2-7-14(16)18(27)28/h2-10,26H,1H3,(H,27,28)(H2,22,23,29)/b21-10+. The van der Waals surface area contributed by atoms with Gasteiger partial charge in [-0.1, -0.05) is 29.8 Å². The second-order valence-corrected chi connectivity index (χ2v) is 6.73. The third-order valence-electron chi connectivity index (χ3n) is 3.90. The Kier molecular flexibility index (Phi) is 6.10. The van der Waals surface area contributed by atoms with Crippen LogP contribution in [0, 0.1) is 6.92 Å². The number of aryl methyl sites for hydroxylation is 1. The highest BCUT2D eigenvalue weighted by atomic mass is 35.5. The number of carboxylic acid groups (broad SMARTS) is 1. The lowest BCUT2D eigenvalue weighted by atomic mass is 10.2. The van der Waals surface area contributed by atoms with Crippen LogP contribution in [0.4, 0.5) is 5.69 Å². The zero-order valence-electron chi connectivity index (χ0n) is 15.1. The molecule has 2 aromatic carbocycles. The molecule has 0 aliphatic rings. The summed E-state index contributed by atoms with van der Waals surface area (Å²) in [6.45, 7) is 1.72. The quantitative estimate of drug-likeness (QED) is 0.278. The van der Waals surface area contributed by atoms with E-state index in [1.807, 2.05) is 0 Å². The molecule has 148 valence electrons. The molecule has 3 rings (SSSR count). The fourth-order valence-electron chi connectivity index (χ4n) is 2.55. The SMILES string of the molecule is Cc1nn(-c2cccc(Cl)c2)c(O)c1/C=N/NC(=S)Nc1ccccc1C(=O)O. The van der Waals surface area contributed by atoms with Gasteiger partial charge in [-0.25, -0.2) is 9.48 Å². The Morgan fingerprint density at radius 3 is 2.76 bits per heavy atom. The average Bonchev–Trinajstić information content (AvgIpc) is 2.96. The first-order valence-corrected chi connectivity index (χ1v) is 9.12. The number of anilines is 1. The van der Waals surface area contributed by atoms with Crippen LogP contribution in [0.25, 0.3) is 5.69 Å². The van der Waals surface area contributed by atoms with Gasteiger partial charge in [0.05, 0.1) is 34.4 Å². The van der Waals surface area contributed by atoms with E-state index in [0.29, 0.717) is 27.7 Å². The van der Waals surface area contributed by atoms with Gasteiger partial charge in [0.15, 0.2) is 5.11 Å². The summed E-state index contributed by atoms with van der Waals surface area (Å²) in [6, 6.07) is 13.3. The molecule has 0 saturated carbocycles. The summed E-state index contributed by atoms with van der Waals surface area (Å²) in [6.07, 6.45) is 1.37. The van der Waals surface area contributed by atoms with E-state index in [9.17, 15) is 15.0 Å². The molecule has 0 spiro atoms. The lowest BCUT2D eigenvalue weighted by Gasteiger charge is -2.09. The van der Waals surface area contributed by atoms with Gasteiger partial charge >= 0.3 is 5.97 Å². The van der Waals surface area contributed by atoms with Crippen molar-refractivity contribution < 1.29 is 15.0 Å². The van der Waals surface area contributed by atoms with E-state index >= 15 is 0 Å². The van der Waals surface area contributed by atoms with E-state index in [4.69, 9.17) is 23.8 Å². The third-order valence-corrected chi connectivity index (χ3v) is 4.33. The van der Waals surface area contributed by atoms with Gasteiger partial charge in [0, 0.05) is 5.02 Å². The molecule has 0 aliphatic carbocycles. The van der Waals surface area contributed by atoms with Crippen molar-refractivity contribution in [2.24, 2.45) is 5.10 Å². The minimum absolute atomic E-state index is 0.0805. The van der Waals surface area contributed by atoms with Crippen LogP contribution in [0.5, 0.6) is 5.88 Å². The molecule has 0 aliphatic heterocycles. The second kappa shape index (κ2) is 8.72. The lowest BCUT2D eigenvalue weighted by molar-refractivity contribution is 0.0698. The topological polar surface area (TPSA) is 112 Å². The van der Waals surface area contributed by atoms with Gasteiger partial charge in [0.25, 0.3) is 0 Å². The van der Waals surface area contributed by atoms with E-state index in [-0.39, 0.29) is 16.6 Å². The Bertz CT molecular complexity index is 1110. The Balaban J connectivity index is 1.73. The summed E-state index contributed by atoms with van der Waals surface area (Å²) in [7, 11) is 0. The number of aromatic nitrogens is 2. The molecule has 0 amide bonds. The molecular formula is C19H16ClN5O3S. The first-order chi connectivity index (χ1) is 13.9. The summed E-state index contributed by atoms with van der Waals surface area (Å²) >= 11 is 11.1. The van der Waals surface area contributed by atoms with Crippen LogP contribution < -0.4 is 10.7 Å². The summed E-state index contributed by atoms with van der Waals surface area (Å²) in [5.41, 5.74) is 4.54. The van der Waals surface area contributed by atoms with Gasteiger partial charge in [-0.15, -0.1) is 0 Å². The highest BCUT2D eigenvalue weighted by Gasteiger charge is 2.14. The highest BCUT2D eigenvalue weighted by molar-refractivity contribution is 7.80. The number of hydrogen-bond donors (Lipinski definition) is 4. The number of carbonyl (C=O) groups is 1. The first kappa shape index (κ1) is 20.3. The maximum absolute atomic E-state index is 11.2. The van der Waals surface area contributed by atoms with Gasteiger partial charge in [-0.3, -0.25) is 5.43 Å². The van der Waals surface area contributed by atoms with Gasteiger partial charge in [-0.05, 0) is 49.5 Å². The van der Waals surface area contributed by atoms with Gasteiger partial charge in [0.1, 0.15) is 0 Å². The minimum Gasteiger partial charge on any atom is -0.493 e. The fraction of sp³-hybridized carbons (Fsp3) is 0.0526. The van der Waals surface area contributed by atoms with Gasteiger partial charge in [-0.2, -0.15) is 10.2 Å². The number of halogens is 1. The number of nitrogens with one attached hydrogen (secondary N) is 2. The van der Waals surface area contributed by atoms with Crippen LogP contribution in [0.15, 0.2) is 53.6 Å². The molecule has 0 radical (unpaired) electrons. The minimum atomic E-state index is -1.08. The molecule has 0 bridgehead atoms. The summed E-state index contributed by atoms with van der Waals surface area (Å²) in [5.74, 6) is -1.18. The second-order valence-electron chi connectivity index (χ2n) is 5.89. The maximum atomic E-state index is 11.2. The Morgan fingerprint density at radius 2 is 2.03 bits per heavy atom. The smallest absolute Gasteiger partial charge is 0.337 e. The number of nitrogens with zero attached hydrogens (tertiary/aromatic N) is 3. The van der Waals surface area contributed by atoms with Crippen molar-refractivity contribution in [1.82, 2.24) is 15.2 Å². The molecule has 10 heteroatoms. The summed E-state index contributed by atoms with van der Waals surface area (Å²) in [4.78, 5) is 11.2. The number of para-hydroxylation sites is 1. The fourth-order valence-corrected chi connectivity index (χ4v) is 2.90. The lowest BCUT2D eigenvalue weighted by Crippen LogP contribution is -2.25. The van der Waals surface area contributed by atoms with E-state index in [1.54, 1.807) is 49.4 Å². The molecule has 0 saturated heterocycles. The van der Waals surface area contributed by atoms with Crippen LogP contribution >= 0.6 is 23.8 Å². The van der Waals surface area contributed by atoms with Crippen molar-refractivity contribution in [1.29, 1.82) is 0 Å². The van der Waals surface area contributed by atoms with E-state index in [2.05, 4.69) is 20.9 Å². The number of hydrazone groups is 1. The monoisotopic (exact) mass is 429 g/mol. The van der Waals surface area contributed by atoms with Crippen molar-refractivity contribution in [3.63, 3.8) is 0 Å². The largest absolute Gasteiger partial charge is 0.493 e.